The van der Waals surface area contributed by atoms with E-state index in [1.165, 1.54) is 15.6 Å². The highest BCUT2D eigenvalue weighted by molar-refractivity contribution is 7.89. The van der Waals surface area contributed by atoms with Crippen LogP contribution in [0, 0.1) is 6.92 Å². The summed E-state index contributed by atoms with van der Waals surface area (Å²) in [6.45, 7) is 4.62. The summed E-state index contributed by atoms with van der Waals surface area (Å²) in [4.78, 5) is 28.7. The van der Waals surface area contributed by atoms with Gasteiger partial charge >= 0.3 is 12.0 Å². The predicted molar refractivity (Wildman–Crippen MR) is 113 cm³/mol. The van der Waals surface area contributed by atoms with Crippen LogP contribution in [0.5, 0.6) is 0 Å². The molecule has 0 unspecified atom stereocenters. The number of sulfonamides is 1. The van der Waals surface area contributed by atoms with Gasteiger partial charge in [-0.2, -0.15) is 4.31 Å². The number of ether oxygens (including phenoxy) is 1. The Morgan fingerprint density at radius 2 is 2.00 bits per heavy atom. The Morgan fingerprint density at radius 3 is 2.70 bits per heavy atom. The van der Waals surface area contributed by atoms with E-state index in [4.69, 9.17) is 4.74 Å². The molecule has 2 heterocycles. The molecule has 0 radical (unpaired) electrons. The van der Waals surface area contributed by atoms with E-state index in [-0.39, 0.29) is 30.4 Å². The highest BCUT2D eigenvalue weighted by Gasteiger charge is 2.30. The van der Waals surface area contributed by atoms with Gasteiger partial charge in [-0.3, -0.25) is 10.1 Å². The largest absolute Gasteiger partial charge is 0.466 e. The molecule has 162 valence electrons. The van der Waals surface area contributed by atoms with E-state index in [1.54, 1.807) is 31.2 Å². The number of rotatable bonds is 7. The molecule has 0 fully saturated rings. The van der Waals surface area contributed by atoms with E-state index >= 15 is 0 Å². The Bertz CT molecular complexity index is 1020. The molecule has 11 heteroatoms. The number of esters is 1. The van der Waals surface area contributed by atoms with Crippen LogP contribution in [-0.4, -0.2) is 49.4 Å². The zero-order valence-electron chi connectivity index (χ0n) is 16.8. The van der Waals surface area contributed by atoms with Gasteiger partial charge in [0.1, 0.15) is 0 Å². The summed E-state index contributed by atoms with van der Waals surface area (Å²) in [5.74, 6) is -0.377. The van der Waals surface area contributed by atoms with Crippen LogP contribution >= 0.6 is 11.3 Å². The predicted octanol–water partition coefficient (Wildman–Crippen LogP) is 2.27. The van der Waals surface area contributed by atoms with Gasteiger partial charge in [-0.25, -0.2) is 18.2 Å². The third-order valence-electron chi connectivity index (χ3n) is 4.50. The first-order valence-corrected chi connectivity index (χ1v) is 11.8. The number of aromatic nitrogens is 1. The fraction of sp³-hybridized carbons (Fsp3) is 0.421. The van der Waals surface area contributed by atoms with Crippen molar-refractivity contribution in [2.45, 2.75) is 38.1 Å². The molecule has 1 aromatic carbocycles. The number of urea groups is 1. The molecule has 2 aromatic rings. The van der Waals surface area contributed by atoms with Gasteiger partial charge in [0.25, 0.3) is 0 Å². The molecule has 0 atom stereocenters. The molecular weight excluding hydrogens is 428 g/mol. The summed E-state index contributed by atoms with van der Waals surface area (Å²) >= 11 is 1.25. The quantitative estimate of drug-likeness (QED) is 0.623. The van der Waals surface area contributed by atoms with Gasteiger partial charge in [0.05, 0.1) is 30.2 Å². The Balaban J connectivity index is 1.59. The summed E-state index contributed by atoms with van der Waals surface area (Å²) in [7, 11) is -3.59. The van der Waals surface area contributed by atoms with E-state index in [9.17, 15) is 18.0 Å². The first-order chi connectivity index (χ1) is 14.3. The molecule has 2 amide bonds. The molecule has 1 aliphatic heterocycles. The summed E-state index contributed by atoms with van der Waals surface area (Å²) in [5.41, 5.74) is 1.78. The number of benzene rings is 1. The average molecular weight is 453 g/mol. The Morgan fingerprint density at radius 1 is 1.27 bits per heavy atom. The van der Waals surface area contributed by atoms with E-state index in [1.807, 2.05) is 6.92 Å². The van der Waals surface area contributed by atoms with Crippen LogP contribution in [0.3, 0.4) is 0 Å². The zero-order valence-corrected chi connectivity index (χ0v) is 18.4. The number of anilines is 1. The van der Waals surface area contributed by atoms with Gasteiger partial charge in [0, 0.05) is 24.4 Å². The standard InChI is InChI=1S/C19H24N4O5S2/c1-3-28-17(24)8-10-20-18(25)22-19-21-15-9-11-23(12-16(15)29-19)30(26,27)14-6-4-13(2)5-7-14/h4-7H,3,8-12H2,1-2H3,(H2,20,21,22,25). The van der Waals surface area contributed by atoms with Crippen LogP contribution in [0.25, 0.3) is 0 Å². The number of amides is 2. The van der Waals surface area contributed by atoms with Crippen molar-refractivity contribution in [2.75, 3.05) is 25.0 Å². The van der Waals surface area contributed by atoms with Crippen LogP contribution in [0.2, 0.25) is 0 Å². The minimum atomic E-state index is -3.59. The van der Waals surface area contributed by atoms with E-state index in [0.717, 1.165) is 16.1 Å². The lowest BCUT2D eigenvalue weighted by Crippen LogP contribution is -2.35. The van der Waals surface area contributed by atoms with Crippen molar-refractivity contribution in [1.82, 2.24) is 14.6 Å². The van der Waals surface area contributed by atoms with Gasteiger partial charge < -0.3 is 10.1 Å². The molecule has 3 rings (SSSR count). The van der Waals surface area contributed by atoms with Crippen molar-refractivity contribution in [3.8, 4) is 0 Å². The average Bonchev–Trinajstić information content (AvgIpc) is 3.09. The number of hydrogen-bond acceptors (Lipinski definition) is 7. The number of carbonyl (C=O) groups is 2. The van der Waals surface area contributed by atoms with E-state index in [2.05, 4.69) is 15.6 Å². The lowest BCUT2D eigenvalue weighted by atomic mass is 10.2. The van der Waals surface area contributed by atoms with Crippen molar-refractivity contribution in [3.63, 3.8) is 0 Å². The molecule has 9 nitrogen and oxygen atoms in total. The smallest absolute Gasteiger partial charge is 0.321 e. The highest BCUT2D eigenvalue weighted by atomic mass is 32.2. The number of nitrogens with zero attached hydrogens (tertiary/aromatic N) is 2. The maximum absolute atomic E-state index is 12.9. The molecule has 0 spiro atoms. The highest BCUT2D eigenvalue weighted by Crippen LogP contribution is 2.31. The van der Waals surface area contributed by atoms with Gasteiger partial charge in [0.2, 0.25) is 10.0 Å². The topological polar surface area (TPSA) is 118 Å². The number of thiazole rings is 1. The Hall–Kier alpha value is -2.50. The maximum Gasteiger partial charge on any atom is 0.321 e. The van der Waals surface area contributed by atoms with Crippen LogP contribution in [0.1, 0.15) is 29.5 Å². The second-order valence-electron chi connectivity index (χ2n) is 6.73. The Kier molecular flexibility index (Phi) is 7.06. The maximum atomic E-state index is 12.9. The molecule has 0 bridgehead atoms. The minimum absolute atomic E-state index is 0.0848. The van der Waals surface area contributed by atoms with Gasteiger partial charge in [-0.1, -0.05) is 29.0 Å². The number of nitrogens with one attached hydrogen (secondary N) is 2. The Labute approximate surface area is 179 Å². The molecule has 1 aliphatic rings. The van der Waals surface area contributed by atoms with Gasteiger partial charge in [-0.05, 0) is 26.0 Å². The summed E-state index contributed by atoms with van der Waals surface area (Å²) in [5, 5.41) is 5.59. The van der Waals surface area contributed by atoms with Crippen molar-refractivity contribution in [2.24, 2.45) is 0 Å². The summed E-state index contributed by atoms with van der Waals surface area (Å²) in [6.07, 6.45) is 0.560. The van der Waals surface area contributed by atoms with Crippen molar-refractivity contribution in [1.29, 1.82) is 0 Å². The molecular formula is C19H24N4O5S2. The molecule has 2 N–H and O–H groups in total. The number of hydrogen-bond donors (Lipinski definition) is 2. The normalized spacial score (nSPS) is 14.1. The molecule has 1 aromatic heterocycles. The van der Waals surface area contributed by atoms with Crippen molar-refractivity contribution < 1.29 is 22.7 Å². The van der Waals surface area contributed by atoms with Crippen LogP contribution in [0.15, 0.2) is 29.2 Å². The van der Waals surface area contributed by atoms with E-state index < -0.39 is 16.1 Å². The number of aryl methyl sites for hydroxylation is 1. The minimum Gasteiger partial charge on any atom is -0.466 e. The van der Waals surface area contributed by atoms with Gasteiger partial charge in [-0.15, -0.1) is 0 Å². The molecule has 30 heavy (non-hydrogen) atoms. The monoisotopic (exact) mass is 452 g/mol. The van der Waals surface area contributed by atoms with Crippen molar-refractivity contribution >= 4 is 38.5 Å². The first-order valence-electron chi connectivity index (χ1n) is 9.55. The fourth-order valence-electron chi connectivity index (χ4n) is 2.94. The number of fused-ring (bicyclic) bond motifs is 1. The fourth-order valence-corrected chi connectivity index (χ4v) is 5.45. The third-order valence-corrected chi connectivity index (χ3v) is 7.35. The van der Waals surface area contributed by atoms with Crippen LogP contribution in [-0.2, 0) is 32.5 Å². The summed E-state index contributed by atoms with van der Waals surface area (Å²) in [6, 6.07) is 6.30. The van der Waals surface area contributed by atoms with E-state index in [0.29, 0.717) is 24.7 Å². The molecule has 0 saturated heterocycles. The summed E-state index contributed by atoms with van der Waals surface area (Å²) < 4.78 is 32.0. The van der Waals surface area contributed by atoms with Crippen LogP contribution < -0.4 is 10.6 Å². The van der Waals surface area contributed by atoms with Gasteiger partial charge in [0.15, 0.2) is 5.13 Å². The second-order valence-corrected chi connectivity index (χ2v) is 9.75. The molecule has 0 aliphatic carbocycles. The molecule has 0 saturated carbocycles. The van der Waals surface area contributed by atoms with Crippen LogP contribution in [0.4, 0.5) is 9.93 Å². The first kappa shape index (κ1) is 22.2. The zero-order chi connectivity index (χ0) is 21.7. The second kappa shape index (κ2) is 9.54. The SMILES string of the molecule is CCOC(=O)CCNC(=O)Nc1nc2c(s1)CN(S(=O)(=O)c1ccc(C)cc1)CC2. The lowest BCUT2D eigenvalue weighted by Gasteiger charge is -2.25. The van der Waals surface area contributed by atoms with Crippen molar-refractivity contribution in [3.05, 3.63) is 40.4 Å². The lowest BCUT2D eigenvalue weighted by molar-refractivity contribution is -0.142. The number of carbonyl (C=O) groups excluding carboxylic acids is 2. The third kappa shape index (κ3) is 5.35.